The van der Waals surface area contributed by atoms with Gasteiger partial charge in [-0.15, -0.1) is 0 Å². The minimum absolute atomic E-state index is 0.802. The summed E-state index contributed by atoms with van der Waals surface area (Å²) < 4.78 is 0. The molecule has 1 rings (SSSR count). The van der Waals surface area contributed by atoms with Crippen LogP contribution in [0.1, 0.15) is 32.6 Å². The predicted molar refractivity (Wildman–Crippen MR) is 58.0 cm³/mol. The van der Waals surface area contributed by atoms with Crippen LogP contribution in [0, 0.1) is 5.92 Å². The second-order valence-corrected chi connectivity index (χ2v) is 4.71. The third-order valence-electron chi connectivity index (χ3n) is 3.01. The lowest BCUT2D eigenvalue weighted by atomic mass is 9.87. The van der Waals surface area contributed by atoms with E-state index in [-0.39, 0.29) is 0 Å². The molecule has 2 nitrogen and oxygen atoms in total. The zero-order valence-electron chi connectivity index (χ0n) is 9.34. The van der Waals surface area contributed by atoms with Crippen LogP contribution in [0.15, 0.2) is 0 Å². The van der Waals surface area contributed by atoms with E-state index in [9.17, 15) is 0 Å². The molecule has 0 aromatic heterocycles. The van der Waals surface area contributed by atoms with Crippen LogP contribution in [0.25, 0.3) is 0 Å². The molecule has 0 amide bonds. The van der Waals surface area contributed by atoms with E-state index in [1.165, 1.54) is 25.7 Å². The van der Waals surface area contributed by atoms with Crippen molar-refractivity contribution in [2.45, 2.75) is 38.6 Å². The maximum absolute atomic E-state index is 3.63. The van der Waals surface area contributed by atoms with Gasteiger partial charge in [-0.1, -0.05) is 6.92 Å². The van der Waals surface area contributed by atoms with Crippen LogP contribution in [0.4, 0.5) is 0 Å². The molecular weight excluding hydrogens is 160 g/mol. The largest absolute Gasteiger partial charge is 0.313 e. The van der Waals surface area contributed by atoms with E-state index >= 15 is 0 Å². The zero-order chi connectivity index (χ0) is 9.68. The van der Waals surface area contributed by atoms with Gasteiger partial charge >= 0.3 is 0 Å². The highest BCUT2D eigenvalue weighted by molar-refractivity contribution is 4.75. The van der Waals surface area contributed by atoms with Crippen molar-refractivity contribution in [2.75, 3.05) is 27.2 Å². The Labute approximate surface area is 82.7 Å². The van der Waals surface area contributed by atoms with Crippen LogP contribution in [-0.2, 0) is 0 Å². The SMILES string of the molecule is CN(C)CCN[C@H]1CC[C@H](C)CC1. The second-order valence-electron chi connectivity index (χ2n) is 4.71. The molecule has 0 bridgehead atoms. The Bertz CT molecular complexity index is 126. The Hall–Kier alpha value is -0.0800. The molecule has 0 aliphatic heterocycles. The van der Waals surface area contributed by atoms with Gasteiger partial charge in [-0.2, -0.15) is 0 Å². The van der Waals surface area contributed by atoms with Crippen molar-refractivity contribution in [1.82, 2.24) is 10.2 Å². The average molecular weight is 184 g/mol. The van der Waals surface area contributed by atoms with E-state index in [0.717, 1.165) is 25.0 Å². The van der Waals surface area contributed by atoms with E-state index in [2.05, 4.69) is 31.2 Å². The second kappa shape index (κ2) is 5.61. The van der Waals surface area contributed by atoms with Crippen molar-refractivity contribution in [3.63, 3.8) is 0 Å². The van der Waals surface area contributed by atoms with E-state index in [1.54, 1.807) is 0 Å². The summed E-state index contributed by atoms with van der Waals surface area (Å²) in [7, 11) is 4.26. The number of nitrogens with one attached hydrogen (secondary N) is 1. The van der Waals surface area contributed by atoms with Crippen LogP contribution >= 0.6 is 0 Å². The molecule has 1 N–H and O–H groups in total. The van der Waals surface area contributed by atoms with Gasteiger partial charge in [0.25, 0.3) is 0 Å². The monoisotopic (exact) mass is 184 g/mol. The highest BCUT2D eigenvalue weighted by Gasteiger charge is 2.16. The van der Waals surface area contributed by atoms with Gasteiger partial charge in [-0.05, 0) is 45.7 Å². The van der Waals surface area contributed by atoms with Gasteiger partial charge < -0.3 is 10.2 Å². The summed E-state index contributed by atoms with van der Waals surface area (Å²) in [6.45, 7) is 4.67. The lowest BCUT2D eigenvalue weighted by molar-refractivity contribution is 0.295. The summed E-state index contributed by atoms with van der Waals surface area (Å²) in [5.41, 5.74) is 0. The summed E-state index contributed by atoms with van der Waals surface area (Å²) in [5.74, 6) is 0.965. The van der Waals surface area contributed by atoms with Gasteiger partial charge in [0, 0.05) is 19.1 Å². The number of rotatable bonds is 4. The van der Waals surface area contributed by atoms with E-state index < -0.39 is 0 Å². The molecule has 13 heavy (non-hydrogen) atoms. The summed E-state index contributed by atoms with van der Waals surface area (Å²) in [5, 5.41) is 3.63. The third-order valence-corrected chi connectivity index (χ3v) is 3.01. The molecule has 2 heteroatoms. The molecule has 1 aliphatic rings. The van der Waals surface area contributed by atoms with Crippen LogP contribution in [0.2, 0.25) is 0 Å². The molecule has 1 fully saturated rings. The predicted octanol–water partition coefficient (Wildman–Crippen LogP) is 1.72. The summed E-state index contributed by atoms with van der Waals surface area (Å²) in [4.78, 5) is 2.23. The lowest BCUT2D eigenvalue weighted by Crippen LogP contribution is -2.37. The molecule has 0 saturated heterocycles. The Morgan fingerprint density at radius 3 is 2.31 bits per heavy atom. The van der Waals surface area contributed by atoms with Gasteiger partial charge in [0.2, 0.25) is 0 Å². The molecule has 78 valence electrons. The van der Waals surface area contributed by atoms with Crippen LogP contribution in [-0.4, -0.2) is 38.1 Å². The maximum Gasteiger partial charge on any atom is 0.0101 e. The van der Waals surface area contributed by atoms with Crippen LogP contribution in [0.5, 0.6) is 0 Å². The summed E-state index contributed by atoms with van der Waals surface area (Å²) in [6, 6.07) is 0.802. The molecule has 1 saturated carbocycles. The third kappa shape index (κ3) is 4.63. The standard InChI is InChI=1S/C11H24N2/c1-10-4-6-11(7-5-10)12-8-9-13(2)3/h10-12H,4-9H2,1-3H3/t10-,11-. The highest BCUT2D eigenvalue weighted by Crippen LogP contribution is 2.23. The first-order valence-electron chi connectivity index (χ1n) is 5.56. The quantitative estimate of drug-likeness (QED) is 0.715. The Morgan fingerprint density at radius 1 is 1.15 bits per heavy atom. The Balaban J connectivity index is 2.02. The first-order valence-corrected chi connectivity index (χ1v) is 5.56. The maximum atomic E-state index is 3.63. The molecule has 0 atom stereocenters. The van der Waals surface area contributed by atoms with E-state index in [4.69, 9.17) is 0 Å². The molecule has 0 heterocycles. The fraction of sp³-hybridized carbons (Fsp3) is 1.00. The minimum atomic E-state index is 0.802. The smallest absolute Gasteiger partial charge is 0.0101 e. The van der Waals surface area contributed by atoms with Gasteiger partial charge in [0.15, 0.2) is 0 Å². The normalized spacial score (nSPS) is 29.5. The average Bonchev–Trinajstić information content (AvgIpc) is 2.08. The van der Waals surface area contributed by atoms with Crippen molar-refractivity contribution in [2.24, 2.45) is 5.92 Å². The van der Waals surface area contributed by atoms with Crippen molar-refractivity contribution in [1.29, 1.82) is 0 Å². The first kappa shape index (κ1) is 11.0. The fourth-order valence-electron chi connectivity index (χ4n) is 1.96. The number of nitrogens with zero attached hydrogens (tertiary/aromatic N) is 1. The molecule has 0 aromatic rings. The van der Waals surface area contributed by atoms with Crippen molar-refractivity contribution in [3.05, 3.63) is 0 Å². The fourth-order valence-corrected chi connectivity index (χ4v) is 1.96. The lowest BCUT2D eigenvalue weighted by Gasteiger charge is -2.27. The highest BCUT2D eigenvalue weighted by atomic mass is 15.1. The molecule has 0 unspecified atom stereocenters. The van der Waals surface area contributed by atoms with Gasteiger partial charge in [-0.3, -0.25) is 0 Å². The van der Waals surface area contributed by atoms with E-state index in [0.29, 0.717) is 0 Å². The Morgan fingerprint density at radius 2 is 1.77 bits per heavy atom. The topological polar surface area (TPSA) is 15.3 Å². The van der Waals surface area contributed by atoms with Crippen LogP contribution < -0.4 is 5.32 Å². The van der Waals surface area contributed by atoms with Gasteiger partial charge in [0.05, 0.1) is 0 Å². The van der Waals surface area contributed by atoms with Gasteiger partial charge in [0.1, 0.15) is 0 Å². The minimum Gasteiger partial charge on any atom is -0.313 e. The molecule has 0 aromatic carbocycles. The number of hydrogen-bond donors (Lipinski definition) is 1. The number of likely N-dealkylation sites (N-methyl/N-ethyl adjacent to an activating group) is 1. The van der Waals surface area contributed by atoms with E-state index in [1.807, 2.05) is 0 Å². The summed E-state index contributed by atoms with van der Waals surface area (Å²) in [6.07, 6.45) is 5.60. The molecule has 0 spiro atoms. The first-order chi connectivity index (χ1) is 6.18. The Kier molecular flexibility index (Phi) is 4.74. The molecular formula is C11H24N2. The van der Waals surface area contributed by atoms with Crippen molar-refractivity contribution in [3.8, 4) is 0 Å². The molecule has 0 radical (unpaired) electrons. The zero-order valence-corrected chi connectivity index (χ0v) is 9.34. The molecule has 1 aliphatic carbocycles. The van der Waals surface area contributed by atoms with Crippen LogP contribution in [0.3, 0.4) is 0 Å². The van der Waals surface area contributed by atoms with Crippen molar-refractivity contribution < 1.29 is 0 Å². The van der Waals surface area contributed by atoms with Gasteiger partial charge in [-0.25, -0.2) is 0 Å². The summed E-state index contributed by atoms with van der Waals surface area (Å²) >= 11 is 0. The van der Waals surface area contributed by atoms with Crippen molar-refractivity contribution >= 4 is 0 Å². The number of hydrogen-bond acceptors (Lipinski definition) is 2.